The monoisotopic (exact) mass is 299 g/mol. The highest BCUT2D eigenvalue weighted by atomic mass is 16.2. The van der Waals surface area contributed by atoms with Gasteiger partial charge in [-0.05, 0) is 24.3 Å². The number of aromatic nitrogens is 2. The summed E-state index contributed by atoms with van der Waals surface area (Å²) in [6, 6.07) is 7.29. The lowest BCUT2D eigenvalue weighted by Crippen LogP contribution is -2.43. The van der Waals surface area contributed by atoms with Gasteiger partial charge in [0.15, 0.2) is 0 Å². The number of nitrogens with zero attached hydrogens (tertiary/aromatic N) is 2. The summed E-state index contributed by atoms with van der Waals surface area (Å²) in [5.74, 6) is 1.16. The number of nitrogens with one attached hydrogen (secondary N) is 1. The topological polar surface area (TPSA) is 66.1 Å². The van der Waals surface area contributed by atoms with Crippen molar-refractivity contribution < 1.29 is 4.79 Å². The van der Waals surface area contributed by atoms with Gasteiger partial charge in [-0.1, -0.05) is 32.0 Å². The predicted octanol–water partition coefficient (Wildman–Crippen LogP) is 1.97. The summed E-state index contributed by atoms with van der Waals surface area (Å²) in [7, 11) is 0. The summed E-state index contributed by atoms with van der Waals surface area (Å²) in [6.45, 7) is 5.99. The van der Waals surface area contributed by atoms with Gasteiger partial charge in [0.1, 0.15) is 0 Å². The molecule has 1 aliphatic heterocycles. The van der Waals surface area contributed by atoms with E-state index in [1.165, 1.54) is 6.42 Å². The third kappa shape index (κ3) is 2.89. The number of amides is 1. The molecule has 5 heteroatoms. The zero-order valence-corrected chi connectivity index (χ0v) is 13.0. The number of likely N-dealkylation sites (tertiary alicyclic amines) is 1. The predicted molar refractivity (Wildman–Crippen MR) is 85.6 cm³/mol. The molecule has 2 heterocycles. The standard InChI is InChI=1S/C17H21N3O2/c1-11-7-12(2)10-20(9-11)16(21)8-15-13-5-3-4-6-14(13)17(22)19-18-15/h3-6,11-12H,7-10H2,1-2H3,(H,19,22). The smallest absolute Gasteiger partial charge is 0.272 e. The van der Waals surface area contributed by atoms with Crippen molar-refractivity contribution in [2.24, 2.45) is 11.8 Å². The van der Waals surface area contributed by atoms with Gasteiger partial charge in [-0.2, -0.15) is 5.10 Å². The second-order valence-electron chi connectivity index (χ2n) is 6.47. The van der Waals surface area contributed by atoms with Crippen molar-refractivity contribution in [3.05, 3.63) is 40.3 Å². The van der Waals surface area contributed by atoms with Gasteiger partial charge >= 0.3 is 0 Å². The lowest BCUT2D eigenvalue weighted by atomic mass is 9.91. The van der Waals surface area contributed by atoms with Crippen LogP contribution in [0.5, 0.6) is 0 Å². The Morgan fingerprint density at radius 3 is 2.55 bits per heavy atom. The maximum atomic E-state index is 12.6. The lowest BCUT2D eigenvalue weighted by Gasteiger charge is -2.35. The zero-order chi connectivity index (χ0) is 15.7. The molecule has 0 saturated carbocycles. The van der Waals surface area contributed by atoms with E-state index in [0.29, 0.717) is 22.9 Å². The Hall–Kier alpha value is -2.17. The fourth-order valence-electron chi connectivity index (χ4n) is 3.43. The first kappa shape index (κ1) is 14.8. The molecule has 1 saturated heterocycles. The van der Waals surface area contributed by atoms with E-state index in [4.69, 9.17) is 0 Å². The van der Waals surface area contributed by atoms with Crippen molar-refractivity contribution in [2.45, 2.75) is 26.7 Å². The number of piperidine rings is 1. The highest BCUT2D eigenvalue weighted by Crippen LogP contribution is 2.22. The minimum atomic E-state index is -0.216. The van der Waals surface area contributed by atoms with Crippen molar-refractivity contribution in [3.63, 3.8) is 0 Å². The van der Waals surface area contributed by atoms with Gasteiger partial charge < -0.3 is 4.90 Å². The molecule has 1 aromatic carbocycles. The number of carbonyl (C=O) groups is 1. The SMILES string of the molecule is CC1CC(C)CN(C(=O)Cc2n[nH]c(=O)c3ccccc23)C1. The van der Waals surface area contributed by atoms with Gasteiger partial charge in [0.2, 0.25) is 5.91 Å². The number of fused-ring (bicyclic) bond motifs is 1. The van der Waals surface area contributed by atoms with E-state index in [9.17, 15) is 9.59 Å². The molecular formula is C17H21N3O2. The quantitative estimate of drug-likeness (QED) is 0.922. The third-order valence-corrected chi connectivity index (χ3v) is 4.32. The fourth-order valence-corrected chi connectivity index (χ4v) is 3.43. The van der Waals surface area contributed by atoms with Crippen LogP contribution >= 0.6 is 0 Å². The maximum Gasteiger partial charge on any atom is 0.272 e. The molecule has 116 valence electrons. The van der Waals surface area contributed by atoms with Crippen LogP contribution in [0.2, 0.25) is 0 Å². The molecule has 2 atom stereocenters. The van der Waals surface area contributed by atoms with E-state index >= 15 is 0 Å². The Balaban J connectivity index is 1.86. The van der Waals surface area contributed by atoms with Crippen molar-refractivity contribution in [2.75, 3.05) is 13.1 Å². The highest BCUT2D eigenvalue weighted by molar-refractivity contribution is 5.88. The normalized spacial score (nSPS) is 22.0. The second-order valence-corrected chi connectivity index (χ2v) is 6.47. The number of aromatic amines is 1. The molecule has 2 aromatic rings. The van der Waals surface area contributed by atoms with Crippen LogP contribution in [0, 0.1) is 11.8 Å². The molecule has 1 N–H and O–H groups in total. The number of H-pyrrole nitrogens is 1. The van der Waals surface area contributed by atoms with E-state index in [1.807, 2.05) is 23.1 Å². The van der Waals surface area contributed by atoms with Crippen LogP contribution in [-0.4, -0.2) is 34.1 Å². The molecule has 22 heavy (non-hydrogen) atoms. The minimum Gasteiger partial charge on any atom is -0.342 e. The van der Waals surface area contributed by atoms with Gasteiger partial charge in [-0.25, -0.2) is 5.10 Å². The van der Waals surface area contributed by atoms with Crippen LogP contribution in [0.1, 0.15) is 26.0 Å². The van der Waals surface area contributed by atoms with Crippen LogP contribution in [0.25, 0.3) is 10.8 Å². The van der Waals surface area contributed by atoms with Crippen LogP contribution in [0.3, 0.4) is 0 Å². The van der Waals surface area contributed by atoms with Crippen molar-refractivity contribution >= 4 is 16.7 Å². The Morgan fingerprint density at radius 1 is 1.23 bits per heavy atom. The van der Waals surface area contributed by atoms with E-state index in [-0.39, 0.29) is 17.9 Å². The van der Waals surface area contributed by atoms with Gasteiger partial charge in [-0.3, -0.25) is 9.59 Å². The first-order valence-electron chi connectivity index (χ1n) is 7.78. The second kappa shape index (κ2) is 5.91. The summed E-state index contributed by atoms with van der Waals surface area (Å²) in [4.78, 5) is 26.3. The molecule has 0 radical (unpaired) electrons. The maximum absolute atomic E-state index is 12.6. The summed E-state index contributed by atoms with van der Waals surface area (Å²) in [5.41, 5.74) is 0.429. The van der Waals surface area contributed by atoms with Crippen LogP contribution < -0.4 is 5.56 Å². The summed E-state index contributed by atoms with van der Waals surface area (Å²) < 4.78 is 0. The van der Waals surface area contributed by atoms with Crippen LogP contribution in [0.15, 0.2) is 29.1 Å². The minimum absolute atomic E-state index is 0.0862. The summed E-state index contributed by atoms with van der Waals surface area (Å²) in [5, 5.41) is 7.93. The Kier molecular flexibility index (Phi) is 3.96. The molecule has 0 bridgehead atoms. The van der Waals surface area contributed by atoms with Crippen molar-refractivity contribution in [3.8, 4) is 0 Å². The fraction of sp³-hybridized carbons (Fsp3) is 0.471. The molecule has 0 aliphatic carbocycles. The number of benzene rings is 1. The van der Waals surface area contributed by atoms with Crippen LogP contribution in [0.4, 0.5) is 0 Å². The number of hydrogen-bond acceptors (Lipinski definition) is 3. The van der Waals surface area contributed by atoms with E-state index in [0.717, 1.165) is 18.5 Å². The first-order chi connectivity index (χ1) is 10.5. The molecule has 1 fully saturated rings. The van der Waals surface area contributed by atoms with E-state index in [1.54, 1.807) is 6.07 Å². The summed E-state index contributed by atoms with van der Waals surface area (Å²) >= 11 is 0. The Bertz CT molecular complexity index is 743. The van der Waals surface area contributed by atoms with Crippen molar-refractivity contribution in [1.82, 2.24) is 15.1 Å². The average molecular weight is 299 g/mol. The molecule has 1 amide bonds. The molecule has 5 nitrogen and oxygen atoms in total. The molecule has 3 rings (SSSR count). The van der Waals surface area contributed by atoms with E-state index in [2.05, 4.69) is 24.0 Å². The highest BCUT2D eigenvalue weighted by Gasteiger charge is 2.26. The number of carbonyl (C=O) groups excluding carboxylic acids is 1. The first-order valence-corrected chi connectivity index (χ1v) is 7.78. The van der Waals surface area contributed by atoms with Crippen LogP contribution in [-0.2, 0) is 11.2 Å². The Morgan fingerprint density at radius 2 is 1.86 bits per heavy atom. The van der Waals surface area contributed by atoms with Gasteiger partial charge in [0.05, 0.1) is 17.5 Å². The Labute approximate surface area is 129 Å². The zero-order valence-electron chi connectivity index (χ0n) is 13.0. The molecule has 2 unspecified atom stereocenters. The summed E-state index contributed by atoms with van der Waals surface area (Å²) in [6.07, 6.45) is 1.40. The third-order valence-electron chi connectivity index (χ3n) is 4.32. The number of hydrogen-bond donors (Lipinski definition) is 1. The van der Waals surface area contributed by atoms with Gasteiger partial charge in [0, 0.05) is 18.5 Å². The van der Waals surface area contributed by atoms with Gasteiger partial charge in [0.25, 0.3) is 5.56 Å². The number of rotatable bonds is 2. The largest absolute Gasteiger partial charge is 0.342 e. The van der Waals surface area contributed by atoms with Crippen molar-refractivity contribution in [1.29, 1.82) is 0 Å². The van der Waals surface area contributed by atoms with E-state index < -0.39 is 0 Å². The molecule has 0 spiro atoms. The molecular weight excluding hydrogens is 278 g/mol. The molecule has 1 aliphatic rings. The average Bonchev–Trinajstić information content (AvgIpc) is 2.49. The van der Waals surface area contributed by atoms with Gasteiger partial charge in [-0.15, -0.1) is 0 Å². The lowest BCUT2D eigenvalue weighted by molar-refractivity contribution is -0.133. The molecule has 1 aromatic heterocycles.